The molecule has 0 aliphatic carbocycles. The number of carbonyl (C=O) groups is 1. The SMILES string of the molecule is C=CCN(Cc1ccc(Cl)s1)C(=O)C(C)CCCN. The number of halogens is 1. The van der Waals surface area contributed by atoms with Gasteiger partial charge in [-0.3, -0.25) is 4.79 Å². The minimum Gasteiger partial charge on any atom is -0.334 e. The Bertz CT molecular complexity index is 419. The second kappa shape index (κ2) is 8.35. The average Bonchev–Trinajstić information content (AvgIpc) is 2.80. The van der Waals surface area contributed by atoms with Crippen molar-refractivity contribution < 1.29 is 4.79 Å². The molecule has 1 rings (SSSR count). The molecule has 106 valence electrons. The van der Waals surface area contributed by atoms with Crippen LogP contribution in [-0.2, 0) is 11.3 Å². The number of rotatable bonds is 8. The molecule has 0 saturated carbocycles. The molecule has 0 bridgehead atoms. The van der Waals surface area contributed by atoms with E-state index in [1.165, 1.54) is 11.3 Å². The molecular weight excluding hydrogens is 280 g/mol. The Hall–Kier alpha value is -0.840. The summed E-state index contributed by atoms with van der Waals surface area (Å²) in [5.74, 6) is 0.150. The van der Waals surface area contributed by atoms with Gasteiger partial charge in [0, 0.05) is 17.3 Å². The lowest BCUT2D eigenvalue weighted by atomic mass is 10.0. The fourth-order valence-corrected chi connectivity index (χ4v) is 2.98. The molecule has 0 fully saturated rings. The molecule has 1 aromatic rings. The summed E-state index contributed by atoms with van der Waals surface area (Å²) in [6.07, 6.45) is 3.45. The number of nitrogens with two attached hydrogens (primary N) is 1. The Morgan fingerprint density at radius 3 is 2.89 bits per heavy atom. The summed E-state index contributed by atoms with van der Waals surface area (Å²) in [7, 11) is 0. The number of nitrogens with zero attached hydrogens (tertiary/aromatic N) is 1. The van der Waals surface area contributed by atoms with Crippen LogP contribution in [0.25, 0.3) is 0 Å². The quantitative estimate of drug-likeness (QED) is 0.749. The second-order valence-corrected chi connectivity index (χ2v) is 6.34. The van der Waals surface area contributed by atoms with Crippen molar-refractivity contribution in [3.05, 3.63) is 34.0 Å². The predicted molar refractivity (Wildman–Crippen MR) is 82.4 cm³/mol. The molecule has 0 radical (unpaired) electrons. The first-order valence-corrected chi connectivity index (χ1v) is 7.62. The van der Waals surface area contributed by atoms with E-state index in [0.29, 0.717) is 19.6 Å². The van der Waals surface area contributed by atoms with Crippen molar-refractivity contribution in [3.8, 4) is 0 Å². The van der Waals surface area contributed by atoms with Crippen LogP contribution in [0.15, 0.2) is 24.8 Å². The first kappa shape index (κ1) is 16.2. The largest absolute Gasteiger partial charge is 0.334 e. The monoisotopic (exact) mass is 300 g/mol. The average molecular weight is 301 g/mol. The Balaban J connectivity index is 2.65. The Kier molecular flexibility index (Phi) is 7.13. The number of carbonyl (C=O) groups excluding carboxylic acids is 1. The molecular formula is C14H21ClN2OS. The molecule has 3 nitrogen and oxygen atoms in total. The summed E-state index contributed by atoms with van der Waals surface area (Å²) in [6.45, 7) is 7.44. The van der Waals surface area contributed by atoms with Crippen molar-refractivity contribution in [2.24, 2.45) is 11.7 Å². The van der Waals surface area contributed by atoms with Gasteiger partial charge in [0.15, 0.2) is 0 Å². The van der Waals surface area contributed by atoms with Gasteiger partial charge in [-0.2, -0.15) is 0 Å². The third kappa shape index (κ3) is 5.35. The van der Waals surface area contributed by atoms with Crippen molar-refractivity contribution in [3.63, 3.8) is 0 Å². The third-order valence-electron chi connectivity index (χ3n) is 2.90. The van der Waals surface area contributed by atoms with E-state index in [1.807, 2.05) is 24.0 Å². The van der Waals surface area contributed by atoms with E-state index in [4.69, 9.17) is 17.3 Å². The van der Waals surface area contributed by atoms with Crippen molar-refractivity contribution >= 4 is 28.8 Å². The zero-order chi connectivity index (χ0) is 14.3. The lowest BCUT2D eigenvalue weighted by Gasteiger charge is -2.24. The van der Waals surface area contributed by atoms with Gasteiger partial charge in [0.1, 0.15) is 0 Å². The second-order valence-electron chi connectivity index (χ2n) is 4.55. The first-order valence-electron chi connectivity index (χ1n) is 6.42. The molecule has 0 aliphatic heterocycles. The summed E-state index contributed by atoms with van der Waals surface area (Å²) < 4.78 is 0.747. The molecule has 0 saturated heterocycles. The Morgan fingerprint density at radius 2 is 2.37 bits per heavy atom. The van der Waals surface area contributed by atoms with E-state index in [1.54, 1.807) is 6.08 Å². The highest BCUT2D eigenvalue weighted by Crippen LogP contribution is 2.23. The molecule has 2 N–H and O–H groups in total. The number of amides is 1. The molecule has 1 unspecified atom stereocenters. The summed E-state index contributed by atoms with van der Waals surface area (Å²) in [5, 5.41) is 0. The van der Waals surface area contributed by atoms with Crippen LogP contribution in [-0.4, -0.2) is 23.9 Å². The predicted octanol–water partition coefficient (Wildman–Crippen LogP) is 3.29. The van der Waals surface area contributed by atoms with Gasteiger partial charge in [0.2, 0.25) is 5.91 Å². The molecule has 1 heterocycles. The van der Waals surface area contributed by atoms with Crippen LogP contribution in [0.3, 0.4) is 0 Å². The van der Waals surface area contributed by atoms with E-state index in [-0.39, 0.29) is 11.8 Å². The van der Waals surface area contributed by atoms with Gasteiger partial charge in [-0.1, -0.05) is 24.6 Å². The summed E-state index contributed by atoms with van der Waals surface area (Å²) in [4.78, 5) is 15.3. The first-order chi connectivity index (χ1) is 9.08. The van der Waals surface area contributed by atoms with E-state index >= 15 is 0 Å². The zero-order valence-corrected chi connectivity index (χ0v) is 12.8. The van der Waals surface area contributed by atoms with Crippen LogP contribution in [0.4, 0.5) is 0 Å². The van der Waals surface area contributed by atoms with E-state index in [9.17, 15) is 4.79 Å². The summed E-state index contributed by atoms with van der Waals surface area (Å²) in [6, 6.07) is 3.82. The fraction of sp³-hybridized carbons (Fsp3) is 0.500. The van der Waals surface area contributed by atoms with Crippen LogP contribution in [0.5, 0.6) is 0 Å². The van der Waals surface area contributed by atoms with Gasteiger partial charge in [-0.15, -0.1) is 17.9 Å². The van der Waals surface area contributed by atoms with Crippen molar-refractivity contribution in [1.29, 1.82) is 0 Å². The van der Waals surface area contributed by atoms with Crippen LogP contribution in [0.2, 0.25) is 4.34 Å². The van der Waals surface area contributed by atoms with Crippen molar-refractivity contribution in [2.75, 3.05) is 13.1 Å². The zero-order valence-electron chi connectivity index (χ0n) is 11.3. The molecule has 5 heteroatoms. The van der Waals surface area contributed by atoms with E-state index in [2.05, 4.69) is 6.58 Å². The van der Waals surface area contributed by atoms with Gasteiger partial charge in [0.25, 0.3) is 0 Å². The van der Waals surface area contributed by atoms with Crippen LogP contribution in [0.1, 0.15) is 24.6 Å². The lowest BCUT2D eigenvalue weighted by molar-refractivity contribution is -0.135. The highest BCUT2D eigenvalue weighted by molar-refractivity contribution is 7.16. The topological polar surface area (TPSA) is 46.3 Å². The minimum absolute atomic E-state index is 0.000987. The summed E-state index contributed by atoms with van der Waals surface area (Å²) in [5.41, 5.74) is 5.48. The highest BCUT2D eigenvalue weighted by atomic mass is 35.5. The van der Waals surface area contributed by atoms with Crippen molar-refractivity contribution in [2.45, 2.75) is 26.3 Å². The number of thiophene rings is 1. The van der Waals surface area contributed by atoms with Crippen LogP contribution in [0, 0.1) is 5.92 Å². The van der Waals surface area contributed by atoms with Gasteiger partial charge < -0.3 is 10.6 Å². The van der Waals surface area contributed by atoms with E-state index in [0.717, 1.165) is 22.1 Å². The van der Waals surface area contributed by atoms with Gasteiger partial charge in [-0.05, 0) is 31.5 Å². The highest BCUT2D eigenvalue weighted by Gasteiger charge is 2.19. The van der Waals surface area contributed by atoms with Crippen LogP contribution < -0.4 is 5.73 Å². The maximum atomic E-state index is 12.4. The van der Waals surface area contributed by atoms with Crippen molar-refractivity contribution in [1.82, 2.24) is 4.90 Å². The normalized spacial score (nSPS) is 12.2. The maximum absolute atomic E-state index is 12.4. The minimum atomic E-state index is -0.000987. The Labute approximate surface area is 124 Å². The Morgan fingerprint density at radius 1 is 1.63 bits per heavy atom. The smallest absolute Gasteiger partial charge is 0.226 e. The molecule has 19 heavy (non-hydrogen) atoms. The lowest BCUT2D eigenvalue weighted by Crippen LogP contribution is -2.34. The van der Waals surface area contributed by atoms with E-state index < -0.39 is 0 Å². The van der Waals surface area contributed by atoms with Gasteiger partial charge in [-0.25, -0.2) is 0 Å². The standard InChI is InChI=1S/C14H21ClN2OS/c1-3-9-17(10-12-6-7-13(15)19-12)14(18)11(2)5-4-8-16/h3,6-7,11H,1,4-5,8-10,16H2,2H3. The molecule has 1 atom stereocenters. The van der Waals surface area contributed by atoms with Crippen LogP contribution >= 0.6 is 22.9 Å². The van der Waals surface area contributed by atoms with Gasteiger partial charge in [0.05, 0.1) is 10.9 Å². The number of hydrogen-bond acceptors (Lipinski definition) is 3. The fourth-order valence-electron chi connectivity index (χ4n) is 1.87. The summed E-state index contributed by atoms with van der Waals surface area (Å²) >= 11 is 7.42. The number of hydrogen-bond donors (Lipinski definition) is 1. The molecule has 0 aliphatic rings. The molecule has 1 aromatic heterocycles. The molecule has 0 aromatic carbocycles. The van der Waals surface area contributed by atoms with Gasteiger partial charge >= 0.3 is 0 Å². The molecule has 1 amide bonds. The third-order valence-corrected chi connectivity index (χ3v) is 4.12. The maximum Gasteiger partial charge on any atom is 0.226 e. The molecule has 0 spiro atoms.